The van der Waals surface area contributed by atoms with Crippen molar-refractivity contribution < 1.29 is 19.0 Å². The third-order valence-corrected chi connectivity index (χ3v) is 2.71. The van der Waals surface area contributed by atoms with Gasteiger partial charge < -0.3 is 19.5 Å². The van der Waals surface area contributed by atoms with Gasteiger partial charge >= 0.3 is 0 Å². The van der Waals surface area contributed by atoms with Crippen LogP contribution < -0.4 is 19.5 Å². The van der Waals surface area contributed by atoms with Gasteiger partial charge in [0.05, 0.1) is 32.4 Å². The van der Waals surface area contributed by atoms with Crippen molar-refractivity contribution in [1.29, 1.82) is 0 Å². The van der Waals surface area contributed by atoms with Gasteiger partial charge in [0, 0.05) is 6.42 Å². The van der Waals surface area contributed by atoms with Gasteiger partial charge in [0.25, 0.3) is 0 Å². The number of fused-ring (bicyclic) bond motifs is 1. The molecule has 5 nitrogen and oxygen atoms in total. The number of rotatable bonds is 4. The van der Waals surface area contributed by atoms with Crippen LogP contribution in [-0.2, 0) is 0 Å². The van der Waals surface area contributed by atoms with Crippen molar-refractivity contribution in [3.63, 3.8) is 0 Å². The standard InChI is InChI=1S/C13H17NO4/c1-14-8-10(15)9-4-5-11-13(12(9)16-2)18-7-3-6-17-11/h4-5,14H,3,6-8H2,1-2H3. The molecule has 0 bridgehead atoms. The predicted molar refractivity (Wildman–Crippen MR) is 66.9 cm³/mol. The van der Waals surface area contributed by atoms with Crippen LogP contribution in [0.5, 0.6) is 17.2 Å². The summed E-state index contributed by atoms with van der Waals surface area (Å²) in [6.45, 7) is 1.43. The van der Waals surface area contributed by atoms with E-state index in [1.54, 1.807) is 19.2 Å². The van der Waals surface area contributed by atoms with Crippen molar-refractivity contribution in [2.24, 2.45) is 0 Å². The van der Waals surface area contributed by atoms with Crippen LogP contribution in [0.2, 0.25) is 0 Å². The number of Topliss-reactive ketones (excluding diaryl/α,β-unsaturated/α-hetero) is 1. The van der Waals surface area contributed by atoms with Gasteiger partial charge in [-0.05, 0) is 19.2 Å². The molecular formula is C13H17NO4. The molecule has 1 aromatic carbocycles. The van der Waals surface area contributed by atoms with E-state index in [1.165, 1.54) is 7.11 Å². The van der Waals surface area contributed by atoms with Crippen LogP contribution in [0.25, 0.3) is 0 Å². The molecule has 1 aliphatic heterocycles. The normalized spacial score (nSPS) is 13.9. The Morgan fingerprint density at radius 3 is 2.89 bits per heavy atom. The second-order valence-electron chi connectivity index (χ2n) is 3.98. The minimum atomic E-state index is -0.0370. The smallest absolute Gasteiger partial charge is 0.204 e. The summed E-state index contributed by atoms with van der Waals surface area (Å²) in [5, 5.41) is 2.83. The second-order valence-corrected chi connectivity index (χ2v) is 3.98. The van der Waals surface area contributed by atoms with Gasteiger partial charge in [0.2, 0.25) is 5.75 Å². The summed E-state index contributed by atoms with van der Waals surface area (Å²) in [5.41, 5.74) is 0.510. The number of methoxy groups -OCH3 is 1. The quantitative estimate of drug-likeness (QED) is 0.816. The van der Waals surface area contributed by atoms with Gasteiger partial charge in [-0.2, -0.15) is 0 Å². The van der Waals surface area contributed by atoms with Gasteiger partial charge in [-0.1, -0.05) is 0 Å². The molecule has 0 fully saturated rings. The first-order valence-corrected chi connectivity index (χ1v) is 5.92. The Morgan fingerprint density at radius 2 is 2.17 bits per heavy atom. The predicted octanol–water partition coefficient (Wildman–Crippen LogP) is 1.26. The van der Waals surface area contributed by atoms with E-state index >= 15 is 0 Å². The van der Waals surface area contributed by atoms with Crippen LogP contribution in [0.3, 0.4) is 0 Å². The van der Waals surface area contributed by atoms with Crippen LogP contribution in [0, 0.1) is 0 Å². The minimum Gasteiger partial charge on any atom is -0.492 e. The summed E-state index contributed by atoms with van der Waals surface area (Å²) in [6.07, 6.45) is 0.817. The molecule has 0 aromatic heterocycles. The van der Waals surface area contributed by atoms with E-state index in [1.807, 2.05) is 0 Å². The van der Waals surface area contributed by atoms with E-state index in [0.717, 1.165) is 6.42 Å². The van der Waals surface area contributed by atoms with Crippen molar-refractivity contribution in [2.45, 2.75) is 6.42 Å². The number of ketones is 1. The lowest BCUT2D eigenvalue weighted by Gasteiger charge is -2.14. The first-order valence-electron chi connectivity index (χ1n) is 5.92. The SMILES string of the molecule is CNCC(=O)c1ccc2c(c1OC)OCCCO2. The fourth-order valence-corrected chi connectivity index (χ4v) is 1.89. The number of nitrogens with one attached hydrogen (secondary N) is 1. The number of ether oxygens (including phenoxy) is 3. The summed E-state index contributed by atoms with van der Waals surface area (Å²) >= 11 is 0. The largest absolute Gasteiger partial charge is 0.492 e. The number of carbonyl (C=O) groups excluding carboxylic acids is 1. The average Bonchev–Trinajstić information content (AvgIpc) is 2.62. The van der Waals surface area contributed by atoms with Crippen LogP contribution in [0.15, 0.2) is 12.1 Å². The highest BCUT2D eigenvalue weighted by atomic mass is 16.5. The molecule has 0 aliphatic carbocycles. The van der Waals surface area contributed by atoms with Crippen LogP contribution >= 0.6 is 0 Å². The van der Waals surface area contributed by atoms with E-state index in [-0.39, 0.29) is 12.3 Å². The molecule has 1 aromatic rings. The van der Waals surface area contributed by atoms with Gasteiger partial charge in [0.1, 0.15) is 0 Å². The first-order chi connectivity index (χ1) is 8.77. The zero-order valence-electron chi connectivity index (χ0n) is 10.6. The summed E-state index contributed by atoms with van der Waals surface area (Å²) in [5.74, 6) is 1.57. The van der Waals surface area contributed by atoms with E-state index in [4.69, 9.17) is 14.2 Å². The van der Waals surface area contributed by atoms with Crippen molar-refractivity contribution >= 4 is 5.78 Å². The summed E-state index contributed by atoms with van der Waals surface area (Å²) in [7, 11) is 3.26. The molecule has 1 aliphatic rings. The Bertz CT molecular complexity index is 445. The van der Waals surface area contributed by atoms with Crippen LogP contribution in [0.1, 0.15) is 16.8 Å². The molecule has 0 unspecified atom stereocenters. The molecule has 5 heteroatoms. The van der Waals surface area contributed by atoms with Gasteiger partial charge in [-0.25, -0.2) is 0 Å². The second kappa shape index (κ2) is 5.73. The van der Waals surface area contributed by atoms with Gasteiger partial charge in [-0.3, -0.25) is 4.79 Å². The lowest BCUT2D eigenvalue weighted by atomic mass is 10.1. The highest BCUT2D eigenvalue weighted by Gasteiger charge is 2.22. The number of likely N-dealkylation sites (N-methyl/N-ethyl adjacent to an activating group) is 1. The Labute approximate surface area is 106 Å². The molecule has 1 heterocycles. The van der Waals surface area contributed by atoms with Crippen LogP contribution in [0.4, 0.5) is 0 Å². The molecule has 0 saturated carbocycles. The maximum Gasteiger partial charge on any atom is 0.204 e. The zero-order valence-corrected chi connectivity index (χ0v) is 10.6. The van der Waals surface area contributed by atoms with E-state index < -0.39 is 0 Å². The maximum absolute atomic E-state index is 12.0. The number of benzene rings is 1. The molecular weight excluding hydrogens is 234 g/mol. The fourth-order valence-electron chi connectivity index (χ4n) is 1.89. The summed E-state index contributed by atoms with van der Waals surface area (Å²) in [6, 6.07) is 3.47. The molecule has 0 atom stereocenters. The van der Waals surface area contributed by atoms with E-state index in [9.17, 15) is 4.79 Å². The highest BCUT2D eigenvalue weighted by molar-refractivity contribution is 6.01. The molecule has 0 amide bonds. The highest BCUT2D eigenvalue weighted by Crippen LogP contribution is 2.41. The zero-order chi connectivity index (χ0) is 13.0. The lowest BCUT2D eigenvalue weighted by Crippen LogP contribution is -2.19. The van der Waals surface area contributed by atoms with Crippen molar-refractivity contribution in [3.8, 4) is 17.2 Å². The molecule has 2 rings (SSSR count). The molecule has 0 radical (unpaired) electrons. The topological polar surface area (TPSA) is 56.8 Å². The molecule has 98 valence electrons. The van der Waals surface area contributed by atoms with Crippen molar-refractivity contribution in [3.05, 3.63) is 17.7 Å². The van der Waals surface area contributed by atoms with Crippen molar-refractivity contribution in [2.75, 3.05) is 33.9 Å². The van der Waals surface area contributed by atoms with Gasteiger partial charge in [0.15, 0.2) is 17.3 Å². The molecule has 18 heavy (non-hydrogen) atoms. The Balaban J connectivity index is 2.43. The average molecular weight is 251 g/mol. The third-order valence-electron chi connectivity index (χ3n) is 2.71. The summed E-state index contributed by atoms with van der Waals surface area (Å²) in [4.78, 5) is 12.0. The number of carbonyl (C=O) groups is 1. The molecule has 0 saturated heterocycles. The first kappa shape index (κ1) is 12.7. The minimum absolute atomic E-state index is 0.0370. The summed E-state index contributed by atoms with van der Waals surface area (Å²) < 4.78 is 16.5. The maximum atomic E-state index is 12.0. The third kappa shape index (κ3) is 2.41. The van der Waals surface area contributed by atoms with Crippen molar-refractivity contribution in [1.82, 2.24) is 5.32 Å². The number of hydrogen-bond acceptors (Lipinski definition) is 5. The Kier molecular flexibility index (Phi) is 4.04. The molecule has 0 spiro atoms. The van der Waals surface area contributed by atoms with E-state index in [2.05, 4.69) is 5.32 Å². The Hall–Kier alpha value is -1.75. The fraction of sp³-hybridized carbons (Fsp3) is 0.462. The van der Waals surface area contributed by atoms with Crippen LogP contribution in [-0.4, -0.2) is 39.7 Å². The lowest BCUT2D eigenvalue weighted by molar-refractivity contribution is 0.0990. The monoisotopic (exact) mass is 251 g/mol. The number of hydrogen-bond donors (Lipinski definition) is 1. The van der Waals surface area contributed by atoms with E-state index in [0.29, 0.717) is 36.0 Å². The molecule has 1 N–H and O–H groups in total. The van der Waals surface area contributed by atoms with Gasteiger partial charge in [-0.15, -0.1) is 0 Å². The Morgan fingerprint density at radius 1 is 1.39 bits per heavy atom.